The molecule has 0 aliphatic carbocycles. The Kier molecular flexibility index (Phi) is 3.22. The Labute approximate surface area is 54.7 Å². The highest BCUT2D eigenvalue weighted by Crippen LogP contribution is 1.95. The van der Waals surface area contributed by atoms with Gasteiger partial charge in [-0.25, -0.2) is 0 Å². The second-order valence-corrected chi connectivity index (χ2v) is 1.60. The van der Waals surface area contributed by atoms with E-state index in [1.54, 1.807) is 13.0 Å². The molecule has 0 saturated carbocycles. The number of terminal acetylenes is 1. The summed E-state index contributed by atoms with van der Waals surface area (Å²) in [6.07, 6.45) is 6.88. The second kappa shape index (κ2) is 3.73. The number of hydrogen-bond acceptors (Lipinski definition) is 1. The van der Waals surface area contributed by atoms with Crippen LogP contribution in [0, 0.1) is 12.3 Å². The van der Waals surface area contributed by atoms with E-state index in [0.29, 0.717) is 5.57 Å². The van der Waals surface area contributed by atoms with E-state index in [-0.39, 0.29) is 12.3 Å². The lowest BCUT2D eigenvalue weighted by molar-refractivity contribution is -0.117. The molecule has 0 aromatic heterocycles. The quantitative estimate of drug-likeness (QED) is 0.532. The van der Waals surface area contributed by atoms with Crippen molar-refractivity contribution < 1.29 is 4.79 Å². The van der Waals surface area contributed by atoms with Crippen molar-refractivity contribution in [3.05, 3.63) is 11.6 Å². The molecule has 0 aliphatic heterocycles. The first-order valence-electron chi connectivity index (χ1n) is 2.60. The van der Waals surface area contributed by atoms with Crippen LogP contribution in [0.25, 0.3) is 0 Å². The lowest BCUT2D eigenvalue weighted by atomic mass is 10.2. The van der Waals surface area contributed by atoms with Crippen molar-refractivity contribution in [2.75, 3.05) is 0 Å². The van der Waals surface area contributed by atoms with Gasteiger partial charge in [-0.15, -0.1) is 6.42 Å². The van der Waals surface area contributed by atoms with E-state index in [1.165, 1.54) is 0 Å². The maximum absolute atomic E-state index is 10.2. The van der Waals surface area contributed by atoms with E-state index in [2.05, 4.69) is 5.92 Å². The molecule has 0 saturated heterocycles. The summed E-state index contributed by atoms with van der Waals surface area (Å²) in [4.78, 5) is 10.2. The summed E-state index contributed by atoms with van der Waals surface area (Å²) < 4.78 is 0. The molecule has 0 spiro atoms. The predicted molar refractivity (Wildman–Crippen MR) is 36.4 cm³/mol. The lowest BCUT2D eigenvalue weighted by Crippen LogP contribution is -2.10. The molecular weight excluding hydrogens is 114 g/mol. The minimum absolute atomic E-state index is 0.174. The third-order valence-electron chi connectivity index (χ3n) is 0.899. The van der Waals surface area contributed by atoms with Crippen molar-refractivity contribution in [2.24, 2.45) is 5.73 Å². The van der Waals surface area contributed by atoms with Gasteiger partial charge in [-0.2, -0.15) is 0 Å². The Bertz CT molecular complexity index is 174. The molecule has 2 heteroatoms. The van der Waals surface area contributed by atoms with Crippen molar-refractivity contribution in [1.29, 1.82) is 0 Å². The highest BCUT2D eigenvalue weighted by molar-refractivity contribution is 5.77. The monoisotopic (exact) mass is 123 g/mol. The summed E-state index contributed by atoms with van der Waals surface area (Å²) in [6.45, 7) is 1.78. The SMILES string of the molecule is C#C/C(=C\C)CC(N)=O. The smallest absolute Gasteiger partial charge is 0.222 e. The molecule has 0 heterocycles. The van der Waals surface area contributed by atoms with E-state index < -0.39 is 0 Å². The van der Waals surface area contributed by atoms with Crippen LogP contribution in [0.15, 0.2) is 11.6 Å². The average Bonchev–Trinajstić information content (AvgIpc) is 1.82. The molecule has 48 valence electrons. The number of rotatable bonds is 2. The van der Waals surface area contributed by atoms with Gasteiger partial charge < -0.3 is 5.73 Å². The first-order chi connectivity index (χ1) is 4.20. The van der Waals surface area contributed by atoms with Gasteiger partial charge in [-0.1, -0.05) is 12.0 Å². The Morgan fingerprint density at radius 1 is 1.89 bits per heavy atom. The van der Waals surface area contributed by atoms with E-state index >= 15 is 0 Å². The number of carbonyl (C=O) groups is 1. The van der Waals surface area contributed by atoms with Gasteiger partial charge in [0.25, 0.3) is 0 Å². The van der Waals surface area contributed by atoms with Crippen molar-refractivity contribution in [2.45, 2.75) is 13.3 Å². The van der Waals surface area contributed by atoms with Crippen LogP contribution < -0.4 is 5.73 Å². The standard InChI is InChI=1S/C7H9NO/c1-3-6(4-2)5-7(8)9/h1,4H,5H2,2H3,(H2,8,9)/b6-4+. The molecule has 0 atom stereocenters. The van der Waals surface area contributed by atoms with Crippen LogP contribution >= 0.6 is 0 Å². The van der Waals surface area contributed by atoms with E-state index in [1.807, 2.05) is 0 Å². The summed E-state index contributed by atoms with van der Waals surface area (Å²) in [5.41, 5.74) is 5.51. The number of primary amides is 1. The van der Waals surface area contributed by atoms with Crippen LogP contribution in [0.2, 0.25) is 0 Å². The van der Waals surface area contributed by atoms with Crippen LogP contribution in [0.4, 0.5) is 0 Å². The van der Waals surface area contributed by atoms with Crippen LogP contribution in [0.1, 0.15) is 13.3 Å². The first-order valence-corrected chi connectivity index (χ1v) is 2.60. The molecule has 0 radical (unpaired) electrons. The predicted octanol–water partition coefficient (Wildman–Crippen LogP) is 0.441. The zero-order chi connectivity index (χ0) is 7.28. The number of hydrogen-bond donors (Lipinski definition) is 1. The van der Waals surface area contributed by atoms with Gasteiger partial charge in [0.05, 0.1) is 6.42 Å². The molecule has 0 bridgehead atoms. The van der Waals surface area contributed by atoms with Crippen LogP contribution in [0.3, 0.4) is 0 Å². The van der Waals surface area contributed by atoms with Gasteiger partial charge >= 0.3 is 0 Å². The number of amides is 1. The molecule has 0 unspecified atom stereocenters. The highest BCUT2D eigenvalue weighted by atomic mass is 16.1. The third-order valence-corrected chi connectivity index (χ3v) is 0.899. The topological polar surface area (TPSA) is 43.1 Å². The van der Waals surface area contributed by atoms with Crippen molar-refractivity contribution in [1.82, 2.24) is 0 Å². The zero-order valence-electron chi connectivity index (χ0n) is 5.35. The van der Waals surface area contributed by atoms with Gasteiger partial charge in [0.2, 0.25) is 5.91 Å². The third kappa shape index (κ3) is 3.36. The van der Waals surface area contributed by atoms with E-state index in [0.717, 1.165) is 0 Å². The van der Waals surface area contributed by atoms with E-state index in [4.69, 9.17) is 12.2 Å². The molecule has 0 fully saturated rings. The maximum Gasteiger partial charge on any atom is 0.222 e. The summed E-state index contributed by atoms with van der Waals surface area (Å²) in [7, 11) is 0. The second-order valence-electron chi connectivity index (χ2n) is 1.60. The minimum Gasteiger partial charge on any atom is -0.369 e. The summed E-state index contributed by atoms with van der Waals surface area (Å²) in [5.74, 6) is 1.96. The molecule has 0 aromatic carbocycles. The summed E-state index contributed by atoms with van der Waals surface area (Å²) in [5, 5.41) is 0. The van der Waals surface area contributed by atoms with Gasteiger partial charge in [0.1, 0.15) is 0 Å². The molecule has 1 amide bonds. The Balaban J connectivity index is 3.91. The average molecular weight is 123 g/mol. The van der Waals surface area contributed by atoms with Gasteiger partial charge in [-0.05, 0) is 6.92 Å². The van der Waals surface area contributed by atoms with Gasteiger partial charge in [0, 0.05) is 5.57 Å². The molecule has 2 N–H and O–H groups in total. The number of allylic oxidation sites excluding steroid dienone is 1. The van der Waals surface area contributed by atoms with Crippen molar-refractivity contribution >= 4 is 5.91 Å². The van der Waals surface area contributed by atoms with Crippen LogP contribution in [-0.4, -0.2) is 5.91 Å². The maximum atomic E-state index is 10.2. The normalized spacial score (nSPS) is 10.4. The highest BCUT2D eigenvalue weighted by Gasteiger charge is 1.94. The Hall–Kier alpha value is -1.23. The van der Waals surface area contributed by atoms with E-state index in [9.17, 15) is 4.79 Å². The largest absolute Gasteiger partial charge is 0.369 e. The fraction of sp³-hybridized carbons (Fsp3) is 0.286. The molecular formula is C7H9NO. The molecule has 0 rings (SSSR count). The molecule has 0 aliphatic rings. The van der Waals surface area contributed by atoms with Crippen molar-refractivity contribution in [3.63, 3.8) is 0 Å². The fourth-order valence-corrected chi connectivity index (χ4v) is 0.424. The lowest BCUT2D eigenvalue weighted by Gasteiger charge is -1.90. The molecule has 9 heavy (non-hydrogen) atoms. The first kappa shape index (κ1) is 7.77. The molecule has 0 aromatic rings. The Morgan fingerprint density at radius 3 is 2.56 bits per heavy atom. The number of carbonyl (C=O) groups excluding carboxylic acids is 1. The van der Waals surface area contributed by atoms with Gasteiger partial charge in [-0.3, -0.25) is 4.79 Å². The summed E-state index contributed by atoms with van der Waals surface area (Å²) in [6, 6.07) is 0. The summed E-state index contributed by atoms with van der Waals surface area (Å²) >= 11 is 0. The fourth-order valence-electron chi connectivity index (χ4n) is 0.424. The minimum atomic E-state index is -0.388. The zero-order valence-corrected chi connectivity index (χ0v) is 5.35. The van der Waals surface area contributed by atoms with Crippen LogP contribution in [0.5, 0.6) is 0 Å². The number of nitrogens with two attached hydrogens (primary N) is 1. The van der Waals surface area contributed by atoms with Gasteiger partial charge in [0.15, 0.2) is 0 Å². The van der Waals surface area contributed by atoms with Crippen molar-refractivity contribution in [3.8, 4) is 12.3 Å². The van der Waals surface area contributed by atoms with Crippen LogP contribution in [-0.2, 0) is 4.79 Å². The molecule has 2 nitrogen and oxygen atoms in total. The Morgan fingerprint density at radius 2 is 2.44 bits per heavy atom.